The van der Waals surface area contributed by atoms with Gasteiger partial charge in [0.1, 0.15) is 5.82 Å². The van der Waals surface area contributed by atoms with Crippen molar-refractivity contribution < 1.29 is 18.4 Å². The summed E-state index contributed by atoms with van der Waals surface area (Å²) in [6, 6.07) is 35.3. The standard InChI is InChI=1S/C54H36Cl4F2N4O2/c1-27(2)37-11-7-12-38(28(3)4)49(37)63-48(16-15-41-51(65)42-21-29-9-5-6-10-30(29)22-43(42)52(41)66)64(54-53(63)61-46-25-44(59)45(60)26-47(46)62-54)50-39(31-17-33(55)23-34(56)18-31)13-8-14-40(50)32-19-35(57)24-36(58)20-32/h5-28H,1-4H3/b48-16+. The largest absolute Gasteiger partial charge is 0.288 e. The van der Waals surface area contributed by atoms with Gasteiger partial charge in [-0.2, -0.15) is 0 Å². The fourth-order valence-electron chi connectivity index (χ4n) is 9.00. The fourth-order valence-corrected chi connectivity index (χ4v) is 10.0. The molecule has 10 rings (SSSR count). The van der Waals surface area contributed by atoms with Crippen molar-refractivity contribution in [3.63, 3.8) is 0 Å². The summed E-state index contributed by atoms with van der Waals surface area (Å²) in [5.74, 6) is -2.18. The molecule has 1 aliphatic heterocycles. The number of halogens is 6. The molecule has 0 bridgehead atoms. The molecule has 8 aromatic rings. The van der Waals surface area contributed by atoms with E-state index in [0.29, 0.717) is 65.0 Å². The molecule has 12 heteroatoms. The molecule has 7 aromatic carbocycles. The van der Waals surface area contributed by atoms with E-state index in [1.165, 1.54) is 6.08 Å². The molecule has 0 amide bonds. The van der Waals surface area contributed by atoms with Crippen LogP contribution in [0, 0.1) is 11.6 Å². The van der Waals surface area contributed by atoms with E-state index in [4.69, 9.17) is 56.4 Å². The Morgan fingerprint density at radius 1 is 0.500 bits per heavy atom. The van der Waals surface area contributed by atoms with Crippen LogP contribution in [0.2, 0.25) is 20.1 Å². The molecule has 0 saturated heterocycles. The molecule has 1 aromatic heterocycles. The molecule has 0 radical (unpaired) electrons. The molecule has 0 saturated carbocycles. The Morgan fingerprint density at radius 2 is 0.924 bits per heavy atom. The second-order valence-electron chi connectivity index (χ2n) is 16.9. The van der Waals surface area contributed by atoms with Gasteiger partial charge >= 0.3 is 0 Å². The number of anilines is 4. The molecule has 0 atom stereocenters. The summed E-state index contributed by atoms with van der Waals surface area (Å²) < 4.78 is 30.4. The number of fused-ring (bicyclic) bond motifs is 4. The van der Waals surface area contributed by atoms with Gasteiger partial charge in [0.25, 0.3) is 0 Å². The van der Waals surface area contributed by atoms with Gasteiger partial charge in [-0.1, -0.05) is 135 Å². The lowest BCUT2D eigenvalue weighted by molar-refractivity contribution is 0.0988. The van der Waals surface area contributed by atoms with E-state index in [1.54, 1.807) is 54.6 Å². The maximum atomic E-state index is 15.2. The van der Waals surface area contributed by atoms with Crippen molar-refractivity contribution in [1.82, 2.24) is 9.97 Å². The maximum Gasteiger partial charge on any atom is 0.197 e. The summed E-state index contributed by atoms with van der Waals surface area (Å²) in [5, 5.41) is 3.18. The van der Waals surface area contributed by atoms with E-state index >= 15 is 8.78 Å². The van der Waals surface area contributed by atoms with Gasteiger partial charge in [0.15, 0.2) is 34.8 Å². The number of rotatable bonds is 7. The number of allylic oxidation sites excluding steroid dienone is 3. The van der Waals surface area contributed by atoms with Crippen LogP contribution in [0.3, 0.4) is 0 Å². The van der Waals surface area contributed by atoms with Gasteiger partial charge < -0.3 is 0 Å². The third-order valence-electron chi connectivity index (χ3n) is 12.0. The molecule has 0 spiro atoms. The number of para-hydroxylation sites is 2. The monoisotopic (exact) mass is 950 g/mol. The summed E-state index contributed by atoms with van der Waals surface area (Å²) in [5.41, 5.74) is 6.44. The van der Waals surface area contributed by atoms with E-state index in [1.807, 2.05) is 70.5 Å². The maximum absolute atomic E-state index is 15.2. The number of nitrogens with zero attached hydrogens (tertiary/aromatic N) is 4. The lowest BCUT2D eigenvalue weighted by Crippen LogP contribution is -2.25. The van der Waals surface area contributed by atoms with Crippen LogP contribution in [0.25, 0.3) is 44.1 Å². The Morgan fingerprint density at radius 3 is 1.36 bits per heavy atom. The lowest BCUT2D eigenvalue weighted by Gasteiger charge is -2.31. The van der Waals surface area contributed by atoms with Gasteiger partial charge in [-0.05, 0) is 106 Å². The van der Waals surface area contributed by atoms with Crippen molar-refractivity contribution in [2.75, 3.05) is 9.80 Å². The first-order chi connectivity index (χ1) is 31.7. The van der Waals surface area contributed by atoms with E-state index < -0.39 is 23.2 Å². The van der Waals surface area contributed by atoms with Crippen LogP contribution in [0.15, 0.2) is 145 Å². The molecule has 1 aliphatic carbocycles. The summed E-state index contributed by atoms with van der Waals surface area (Å²) in [6.07, 6.45) is 3.25. The zero-order valence-corrected chi connectivity index (χ0v) is 38.8. The van der Waals surface area contributed by atoms with Crippen LogP contribution in [0.1, 0.15) is 71.4 Å². The molecular weight excluding hydrogens is 916 g/mol. The number of ketones is 2. The highest BCUT2D eigenvalue weighted by Crippen LogP contribution is 2.56. The van der Waals surface area contributed by atoms with Crippen LogP contribution in [-0.4, -0.2) is 21.5 Å². The second kappa shape index (κ2) is 16.8. The SMILES string of the molecule is CC(C)c1cccc(C(C)C)c1N1/C(=C\C=C2C(=O)c3cc4ccccc4cc3C2=O)N(c2c(-c3cc(Cl)cc(Cl)c3)cccc2-c2cc(Cl)cc(Cl)c2)c2nc3cc(F)c(F)cc3nc21. The van der Waals surface area contributed by atoms with Gasteiger partial charge in [0.05, 0.1) is 28.0 Å². The predicted octanol–water partition coefficient (Wildman–Crippen LogP) is 16.4. The summed E-state index contributed by atoms with van der Waals surface area (Å²) in [6.45, 7) is 8.35. The van der Waals surface area contributed by atoms with E-state index in [-0.39, 0.29) is 40.1 Å². The van der Waals surface area contributed by atoms with Gasteiger partial charge in [-0.25, -0.2) is 18.7 Å². The predicted molar refractivity (Wildman–Crippen MR) is 264 cm³/mol. The van der Waals surface area contributed by atoms with E-state index in [2.05, 4.69) is 27.7 Å². The number of aromatic nitrogens is 2. The molecule has 0 fully saturated rings. The zero-order valence-electron chi connectivity index (χ0n) is 35.7. The average Bonchev–Trinajstić information content (AvgIpc) is 3.70. The molecular formula is C54H36Cl4F2N4O2. The Kier molecular flexibility index (Phi) is 11.1. The van der Waals surface area contributed by atoms with Gasteiger partial charge in [0.2, 0.25) is 0 Å². The normalized spacial score (nSPS) is 14.2. The number of carbonyl (C=O) groups excluding carboxylic acids is 2. The van der Waals surface area contributed by atoms with Crippen LogP contribution in [0.4, 0.5) is 31.8 Å². The average molecular weight is 953 g/mol. The highest BCUT2D eigenvalue weighted by molar-refractivity contribution is 6.40. The first-order valence-electron chi connectivity index (χ1n) is 21.2. The Labute approximate surface area is 399 Å². The lowest BCUT2D eigenvalue weighted by atomic mass is 9.92. The Balaban J connectivity index is 1.36. The number of carbonyl (C=O) groups is 2. The number of Topliss-reactive ketones (excluding diaryl/α,β-unsaturated/α-hetero) is 2. The van der Waals surface area contributed by atoms with E-state index in [0.717, 1.165) is 39.7 Å². The number of hydrogen-bond donors (Lipinski definition) is 0. The minimum atomic E-state index is -1.10. The molecule has 2 aliphatic rings. The number of hydrogen-bond acceptors (Lipinski definition) is 6. The summed E-state index contributed by atoms with van der Waals surface area (Å²) in [7, 11) is 0. The smallest absolute Gasteiger partial charge is 0.197 e. The van der Waals surface area contributed by atoms with Crippen molar-refractivity contribution in [2.45, 2.75) is 39.5 Å². The van der Waals surface area contributed by atoms with Crippen LogP contribution in [0.5, 0.6) is 0 Å². The van der Waals surface area contributed by atoms with Crippen molar-refractivity contribution in [3.05, 3.63) is 199 Å². The summed E-state index contributed by atoms with van der Waals surface area (Å²) in [4.78, 5) is 42.8. The van der Waals surface area contributed by atoms with Crippen molar-refractivity contribution in [1.29, 1.82) is 0 Å². The highest BCUT2D eigenvalue weighted by atomic mass is 35.5. The Hall–Kier alpha value is -6.42. The molecule has 2 heterocycles. The van der Waals surface area contributed by atoms with Crippen LogP contribution >= 0.6 is 46.4 Å². The highest BCUT2D eigenvalue weighted by Gasteiger charge is 2.42. The molecule has 0 N–H and O–H groups in total. The minimum Gasteiger partial charge on any atom is -0.288 e. The minimum absolute atomic E-state index is 0.0255. The quantitative estimate of drug-likeness (QED) is 0.117. The van der Waals surface area contributed by atoms with Gasteiger partial charge in [-0.3, -0.25) is 19.4 Å². The molecule has 326 valence electrons. The number of benzene rings is 7. The van der Waals surface area contributed by atoms with Gasteiger partial charge in [0, 0.05) is 54.5 Å². The molecule has 0 unspecified atom stereocenters. The third kappa shape index (κ3) is 7.42. The van der Waals surface area contributed by atoms with Gasteiger partial charge in [-0.15, -0.1) is 0 Å². The van der Waals surface area contributed by atoms with Crippen molar-refractivity contribution in [3.8, 4) is 22.3 Å². The topological polar surface area (TPSA) is 66.4 Å². The first-order valence-corrected chi connectivity index (χ1v) is 22.7. The zero-order chi connectivity index (χ0) is 46.3. The first kappa shape index (κ1) is 43.5. The van der Waals surface area contributed by atoms with Crippen LogP contribution in [-0.2, 0) is 0 Å². The molecule has 6 nitrogen and oxygen atoms in total. The summed E-state index contributed by atoms with van der Waals surface area (Å²) >= 11 is 26.9. The second-order valence-corrected chi connectivity index (χ2v) is 18.7. The third-order valence-corrected chi connectivity index (χ3v) is 12.9. The van der Waals surface area contributed by atoms with Crippen molar-refractivity contribution in [2.24, 2.45) is 0 Å². The Bertz CT molecular complexity index is 3280. The van der Waals surface area contributed by atoms with E-state index in [9.17, 15) is 9.59 Å². The fraction of sp³-hybridized carbons (Fsp3) is 0.111. The van der Waals surface area contributed by atoms with Crippen LogP contribution < -0.4 is 9.80 Å². The van der Waals surface area contributed by atoms with Crippen molar-refractivity contribution >= 4 is 103 Å². The molecule has 66 heavy (non-hydrogen) atoms.